The van der Waals surface area contributed by atoms with E-state index in [1.165, 1.54) is 34.2 Å². The first-order chi connectivity index (χ1) is 21.8. The zero-order chi connectivity index (χ0) is 31.0. The highest BCUT2D eigenvalue weighted by Crippen LogP contribution is 2.46. The van der Waals surface area contributed by atoms with Crippen molar-refractivity contribution in [1.82, 2.24) is 9.88 Å². The molecule has 45 heavy (non-hydrogen) atoms. The lowest BCUT2D eigenvalue weighted by atomic mass is 10.0. The summed E-state index contributed by atoms with van der Waals surface area (Å²) in [5.74, 6) is -0.992. The van der Waals surface area contributed by atoms with Crippen LogP contribution < -0.4 is 10.0 Å². The minimum Gasteiger partial charge on any atom is -0.313 e. The van der Waals surface area contributed by atoms with Gasteiger partial charge in [-0.15, -0.1) is 22.7 Å². The van der Waals surface area contributed by atoms with Gasteiger partial charge in [0.05, 0.1) is 26.4 Å². The first kappa shape index (κ1) is 29.3. The number of hydrogen-bond acceptors (Lipinski definition) is 7. The highest BCUT2D eigenvalue weighted by Gasteiger charge is 2.29. The summed E-state index contributed by atoms with van der Waals surface area (Å²) in [5, 5.41) is 4.63. The van der Waals surface area contributed by atoms with Crippen molar-refractivity contribution in [2.45, 2.75) is 24.4 Å². The summed E-state index contributed by atoms with van der Waals surface area (Å²) in [6, 6.07) is 29.3. The van der Waals surface area contributed by atoms with Crippen LogP contribution in [0.2, 0.25) is 0 Å². The maximum Gasteiger partial charge on any atom is 0.261 e. The molecule has 226 valence electrons. The Bertz CT molecular complexity index is 2090. The minimum absolute atomic E-state index is 0.108. The van der Waals surface area contributed by atoms with Crippen LogP contribution in [0.5, 0.6) is 0 Å². The molecule has 3 heterocycles. The van der Waals surface area contributed by atoms with Crippen molar-refractivity contribution in [2.75, 3.05) is 16.6 Å². The van der Waals surface area contributed by atoms with E-state index in [1.807, 2.05) is 42.5 Å². The van der Waals surface area contributed by atoms with Crippen LogP contribution in [0.1, 0.15) is 26.4 Å². The summed E-state index contributed by atoms with van der Waals surface area (Å²) in [7, 11) is -4.07. The number of para-hydroxylation sites is 2. The van der Waals surface area contributed by atoms with Crippen molar-refractivity contribution in [1.29, 1.82) is 0 Å². The van der Waals surface area contributed by atoms with Crippen LogP contribution in [0.25, 0.3) is 20.8 Å². The Balaban J connectivity index is 1.22. The molecule has 1 aliphatic rings. The quantitative estimate of drug-likeness (QED) is 0.175. The first-order valence-corrected chi connectivity index (χ1v) is 17.4. The van der Waals surface area contributed by atoms with Crippen molar-refractivity contribution in [3.05, 3.63) is 131 Å². The fraction of sp³-hybridized carbons (Fsp3) is 0.118. The van der Waals surface area contributed by atoms with Crippen molar-refractivity contribution in [2.24, 2.45) is 0 Å². The van der Waals surface area contributed by atoms with Crippen LogP contribution in [0.15, 0.2) is 108 Å². The molecular formula is C34H27FN4O3S3. The van der Waals surface area contributed by atoms with Gasteiger partial charge in [0.15, 0.2) is 0 Å². The number of benzene rings is 4. The largest absolute Gasteiger partial charge is 0.313 e. The van der Waals surface area contributed by atoms with Gasteiger partial charge in [0.2, 0.25) is 0 Å². The van der Waals surface area contributed by atoms with E-state index in [2.05, 4.69) is 27.1 Å². The number of thiazole rings is 1. The molecule has 2 N–H and O–H groups in total. The van der Waals surface area contributed by atoms with Crippen LogP contribution in [-0.4, -0.2) is 30.8 Å². The smallest absolute Gasteiger partial charge is 0.261 e. The molecule has 6 aromatic rings. The first-order valence-electron chi connectivity index (χ1n) is 14.3. The number of rotatable bonds is 8. The number of hydrogen-bond donors (Lipinski definition) is 2. The lowest BCUT2D eigenvalue weighted by Gasteiger charge is -2.27. The molecule has 0 saturated carbocycles. The maximum absolute atomic E-state index is 13.9. The molecule has 0 fully saturated rings. The summed E-state index contributed by atoms with van der Waals surface area (Å²) < 4.78 is 43.2. The van der Waals surface area contributed by atoms with Gasteiger partial charge < -0.3 is 5.32 Å². The second kappa shape index (κ2) is 12.2. The van der Waals surface area contributed by atoms with Gasteiger partial charge in [-0.3, -0.25) is 14.4 Å². The van der Waals surface area contributed by atoms with E-state index in [0.29, 0.717) is 5.00 Å². The predicted octanol–water partition coefficient (Wildman–Crippen LogP) is 7.78. The molecule has 0 radical (unpaired) electrons. The number of nitrogens with zero attached hydrogens (tertiary/aromatic N) is 2. The number of sulfonamides is 1. The molecule has 4 aromatic carbocycles. The molecule has 2 aromatic heterocycles. The molecule has 0 aliphatic carbocycles. The van der Waals surface area contributed by atoms with Crippen molar-refractivity contribution in [3.63, 3.8) is 0 Å². The zero-order valence-corrected chi connectivity index (χ0v) is 26.3. The van der Waals surface area contributed by atoms with E-state index in [-0.39, 0.29) is 16.1 Å². The molecule has 0 atom stereocenters. The van der Waals surface area contributed by atoms with Gasteiger partial charge in [-0.25, -0.2) is 17.8 Å². The Morgan fingerprint density at radius 1 is 0.889 bits per heavy atom. The molecule has 1 amide bonds. The van der Waals surface area contributed by atoms with Crippen LogP contribution in [0.4, 0.5) is 15.1 Å². The third-order valence-corrected chi connectivity index (χ3v) is 11.2. The molecule has 0 bridgehead atoms. The number of carbonyl (C=O) groups is 1. The second-order valence-electron chi connectivity index (χ2n) is 10.7. The van der Waals surface area contributed by atoms with E-state index in [9.17, 15) is 17.6 Å². The fourth-order valence-electron chi connectivity index (χ4n) is 5.48. The van der Waals surface area contributed by atoms with E-state index < -0.39 is 21.7 Å². The number of anilines is 2. The Hall–Kier alpha value is -4.42. The van der Waals surface area contributed by atoms with Gasteiger partial charge in [0.1, 0.15) is 15.8 Å². The highest BCUT2D eigenvalue weighted by molar-refractivity contribution is 7.92. The number of fused-ring (bicyclic) bond motifs is 2. The second-order valence-corrected chi connectivity index (χ2v) is 14.5. The number of aromatic nitrogens is 1. The summed E-state index contributed by atoms with van der Waals surface area (Å²) in [5.41, 5.74) is 4.54. The Kier molecular flexibility index (Phi) is 7.92. The van der Waals surface area contributed by atoms with Gasteiger partial charge in [-0.2, -0.15) is 0 Å². The summed E-state index contributed by atoms with van der Waals surface area (Å²) >= 11 is 3.13. The summed E-state index contributed by atoms with van der Waals surface area (Å²) in [4.78, 5) is 22.3. The number of thiophene rings is 1. The number of halogens is 1. The van der Waals surface area contributed by atoms with Crippen molar-refractivity contribution >= 4 is 59.5 Å². The lowest BCUT2D eigenvalue weighted by molar-refractivity contribution is 0.102. The predicted molar refractivity (Wildman–Crippen MR) is 179 cm³/mol. The highest BCUT2D eigenvalue weighted by atomic mass is 32.2. The van der Waals surface area contributed by atoms with Gasteiger partial charge in [0.25, 0.3) is 15.9 Å². The third kappa shape index (κ3) is 6.12. The third-order valence-electron chi connectivity index (χ3n) is 7.66. The maximum atomic E-state index is 13.9. The van der Waals surface area contributed by atoms with Crippen LogP contribution in [0, 0.1) is 5.82 Å². The summed E-state index contributed by atoms with van der Waals surface area (Å²) in [6.45, 7) is 2.45. The van der Waals surface area contributed by atoms with Gasteiger partial charge in [-0.1, -0.05) is 54.6 Å². The standard InChI is InChI=1S/C34H27FN4O3S3/c35-23-14-16-24(17-15-23)45(41,42)38-27-11-5-4-10-25(27)32(40)37-34-31(33-36-28-12-6-7-13-29(28)43-33)26-18-19-39(21-30(26)44-34)20-22-8-2-1-3-9-22/h1-17,38H,18-21H2,(H,37,40). The topological polar surface area (TPSA) is 91.4 Å². The van der Waals surface area contributed by atoms with Gasteiger partial charge in [-0.05, 0) is 66.1 Å². The Morgan fingerprint density at radius 3 is 2.42 bits per heavy atom. The van der Waals surface area contributed by atoms with Crippen LogP contribution in [0.3, 0.4) is 0 Å². The average Bonchev–Trinajstić information content (AvgIpc) is 3.62. The van der Waals surface area contributed by atoms with Crippen LogP contribution in [-0.2, 0) is 29.5 Å². The monoisotopic (exact) mass is 654 g/mol. The molecule has 0 unspecified atom stereocenters. The average molecular weight is 655 g/mol. The zero-order valence-electron chi connectivity index (χ0n) is 23.9. The van der Waals surface area contributed by atoms with E-state index in [0.717, 1.165) is 59.0 Å². The molecule has 7 nitrogen and oxygen atoms in total. The minimum atomic E-state index is -4.07. The molecule has 11 heteroatoms. The molecule has 0 saturated heterocycles. The summed E-state index contributed by atoms with van der Waals surface area (Å²) in [6.07, 6.45) is 0.813. The molecular weight excluding hydrogens is 628 g/mol. The van der Waals surface area contributed by atoms with Gasteiger partial charge in [0, 0.05) is 30.1 Å². The van der Waals surface area contributed by atoms with Crippen molar-refractivity contribution < 1.29 is 17.6 Å². The normalized spacial score (nSPS) is 13.4. The van der Waals surface area contributed by atoms with E-state index in [1.54, 1.807) is 40.9 Å². The van der Waals surface area contributed by atoms with E-state index >= 15 is 0 Å². The van der Waals surface area contributed by atoms with Crippen LogP contribution >= 0.6 is 22.7 Å². The van der Waals surface area contributed by atoms with Gasteiger partial charge >= 0.3 is 0 Å². The Morgan fingerprint density at radius 2 is 1.62 bits per heavy atom. The fourth-order valence-corrected chi connectivity index (χ4v) is 8.96. The Labute approximate surface area is 268 Å². The SMILES string of the molecule is O=C(Nc1sc2c(c1-c1nc3ccccc3s1)CCN(Cc1ccccc1)C2)c1ccccc1NS(=O)(=O)c1ccc(F)cc1. The molecule has 1 aliphatic heterocycles. The van der Waals surface area contributed by atoms with E-state index in [4.69, 9.17) is 4.98 Å². The molecule has 0 spiro atoms. The number of carbonyl (C=O) groups excluding carboxylic acids is 1. The lowest BCUT2D eigenvalue weighted by Crippen LogP contribution is -2.29. The number of nitrogens with one attached hydrogen (secondary N) is 2. The molecule has 7 rings (SSSR count). The number of amides is 1. The van der Waals surface area contributed by atoms with Crippen molar-refractivity contribution in [3.8, 4) is 10.6 Å².